The van der Waals surface area contributed by atoms with Gasteiger partial charge in [-0.3, -0.25) is 4.79 Å². The fourth-order valence-corrected chi connectivity index (χ4v) is 2.12. The molecule has 0 amide bonds. The highest BCUT2D eigenvalue weighted by Gasteiger charge is 2.13. The Labute approximate surface area is 126 Å². The first kappa shape index (κ1) is 17.5. The molecule has 0 saturated carbocycles. The van der Waals surface area contributed by atoms with E-state index >= 15 is 0 Å². The van der Waals surface area contributed by atoms with E-state index in [1.165, 1.54) is 0 Å². The molecule has 0 aromatic heterocycles. The van der Waals surface area contributed by atoms with Crippen LogP contribution in [0.4, 0.5) is 0 Å². The number of methoxy groups -OCH3 is 1. The molecule has 1 unspecified atom stereocenters. The minimum absolute atomic E-state index is 0.0719. The summed E-state index contributed by atoms with van der Waals surface area (Å²) < 4.78 is 10.4. The summed E-state index contributed by atoms with van der Waals surface area (Å²) in [6, 6.07) is 7.73. The number of carboxylic acids is 1. The largest absolute Gasteiger partial charge is 0.494 e. The third-order valence-corrected chi connectivity index (χ3v) is 3.10. The predicted molar refractivity (Wildman–Crippen MR) is 81.9 cm³/mol. The number of aliphatic carboxylic acids is 1. The smallest absolute Gasteiger partial charge is 0.304 e. The van der Waals surface area contributed by atoms with E-state index in [0.29, 0.717) is 19.6 Å². The molecule has 0 bridgehead atoms. The molecule has 1 atom stereocenters. The molecule has 5 heteroatoms. The first-order chi connectivity index (χ1) is 10.2. The number of carbonyl (C=O) groups is 1. The Morgan fingerprint density at radius 1 is 1.33 bits per heavy atom. The molecule has 0 spiro atoms. The van der Waals surface area contributed by atoms with Gasteiger partial charge in [0.15, 0.2) is 0 Å². The molecule has 0 saturated heterocycles. The van der Waals surface area contributed by atoms with Crippen LogP contribution in [0.2, 0.25) is 0 Å². The number of rotatable bonds is 11. The highest BCUT2D eigenvalue weighted by atomic mass is 16.5. The zero-order valence-corrected chi connectivity index (χ0v) is 12.8. The van der Waals surface area contributed by atoms with Crippen molar-refractivity contribution in [3.8, 4) is 5.75 Å². The molecule has 1 rings (SSSR count). The van der Waals surface area contributed by atoms with E-state index in [9.17, 15) is 4.79 Å². The van der Waals surface area contributed by atoms with Crippen molar-refractivity contribution < 1.29 is 19.4 Å². The average molecular weight is 295 g/mol. The molecule has 1 aromatic carbocycles. The van der Waals surface area contributed by atoms with Gasteiger partial charge in [-0.25, -0.2) is 0 Å². The van der Waals surface area contributed by atoms with E-state index in [1.54, 1.807) is 7.11 Å². The molecule has 118 valence electrons. The monoisotopic (exact) mass is 295 g/mol. The van der Waals surface area contributed by atoms with E-state index in [0.717, 1.165) is 24.3 Å². The highest BCUT2D eigenvalue weighted by Crippen LogP contribution is 2.14. The minimum Gasteiger partial charge on any atom is -0.494 e. The standard InChI is InChI=1S/C16H25NO4/c1-3-21-15-7-5-13(6-8-15)11-14(12-16(18)19)17-9-4-10-20-2/h5-8,14,17H,3-4,9-12H2,1-2H3,(H,18,19). The number of hydrogen-bond acceptors (Lipinski definition) is 4. The van der Waals surface area contributed by atoms with Crippen molar-refractivity contribution in [1.82, 2.24) is 5.32 Å². The Hall–Kier alpha value is -1.59. The Bertz CT molecular complexity index is 405. The predicted octanol–water partition coefficient (Wildman–Crippen LogP) is 2.10. The molecular formula is C16H25NO4. The van der Waals surface area contributed by atoms with Crippen molar-refractivity contribution in [2.75, 3.05) is 26.9 Å². The van der Waals surface area contributed by atoms with Gasteiger partial charge in [0, 0.05) is 19.8 Å². The quantitative estimate of drug-likeness (QED) is 0.612. The first-order valence-electron chi connectivity index (χ1n) is 7.31. The summed E-state index contributed by atoms with van der Waals surface area (Å²) >= 11 is 0. The second-order valence-electron chi connectivity index (χ2n) is 4.88. The van der Waals surface area contributed by atoms with Crippen molar-refractivity contribution in [3.05, 3.63) is 29.8 Å². The molecule has 1 aromatic rings. The zero-order valence-electron chi connectivity index (χ0n) is 12.8. The molecule has 0 aliphatic heterocycles. The fraction of sp³-hybridized carbons (Fsp3) is 0.562. The van der Waals surface area contributed by atoms with Crippen LogP contribution in [0.25, 0.3) is 0 Å². The van der Waals surface area contributed by atoms with Gasteiger partial charge in [0.1, 0.15) is 5.75 Å². The van der Waals surface area contributed by atoms with Crippen molar-refractivity contribution in [2.24, 2.45) is 0 Å². The van der Waals surface area contributed by atoms with E-state index in [4.69, 9.17) is 14.6 Å². The number of hydrogen-bond donors (Lipinski definition) is 2. The molecular weight excluding hydrogens is 270 g/mol. The zero-order chi connectivity index (χ0) is 15.5. The number of ether oxygens (including phenoxy) is 2. The van der Waals surface area contributed by atoms with Crippen LogP contribution in [0.3, 0.4) is 0 Å². The van der Waals surface area contributed by atoms with Crippen LogP contribution in [0.15, 0.2) is 24.3 Å². The van der Waals surface area contributed by atoms with Gasteiger partial charge in [-0.05, 0) is 44.0 Å². The first-order valence-corrected chi connectivity index (χ1v) is 7.31. The Balaban J connectivity index is 2.51. The molecule has 5 nitrogen and oxygen atoms in total. The second kappa shape index (κ2) is 10.2. The van der Waals surface area contributed by atoms with Gasteiger partial charge in [0.05, 0.1) is 13.0 Å². The topological polar surface area (TPSA) is 67.8 Å². The number of benzene rings is 1. The molecule has 0 aliphatic carbocycles. The van der Waals surface area contributed by atoms with Gasteiger partial charge < -0.3 is 19.9 Å². The fourth-order valence-electron chi connectivity index (χ4n) is 2.12. The summed E-state index contributed by atoms with van der Waals surface area (Å²) in [7, 11) is 1.66. The lowest BCUT2D eigenvalue weighted by atomic mass is 10.0. The lowest BCUT2D eigenvalue weighted by Crippen LogP contribution is -2.34. The van der Waals surface area contributed by atoms with Crippen LogP contribution in [-0.4, -0.2) is 44.0 Å². The Kier molecular flexibility index (Phi) is 8.47. The molecule has 0 fully saturated rings. The summed E-state index contributed by atoms with van der Waals surface area (Å²) in [4.78, 5) is 10.9. The minimum atomic E-state index is -0.787. The van der Waals surface area contributed by atoms with Crippen LogP contribution in [0, 0.1) is 0 Å². The number of nitrogens with one attached hydrogen (secondary N) is 1. The summed E-state index contributed by atoms with van der Waals surface area (Å²) in [6.07, 6.45) is 1.67. The third kappa shape index (κ3) is 7.68. The maximum atomic E-state index is 10.9. The van der Waals surface area contributed by atoms with Gasteiger partial charge in [-0.1, -0.05) is 12.1 Å². The average Bonchev–Trinajstić information content (AvgIpc) is 2.45. The normalized spacial score (nSPS) is 12.1. The van der Waals surface area contributed by atoms with Gasteiger partial charge in [0.25, 0.3) is 0 Å². The van der Waals surface area contributed by atoms with E-state index in [1.807, 2.05) is 31.2 Å². The van der Waals surface area contributed by atoms with Gasteiger partial charge >= 0.3 is 5.97 Å². The summed E-state index contributed by atoms with van der Waals surface area (Å²) in [5.74, 6) is 0.0502. The van der Waals surface area contributed by atoms with E-state index in [-0.39, 0.29) is 12.5 Å². The molecule has 0 radical (unpaired) electrons. The molecule has 0 aliphatic rings. The van der Waals surface area contributed by atoms with Crippen LogP contribution < -0.4 is 10.1 Å². The second-order valence-corrected chi connectivity index (χ2v) is 4.88. The molecule has 0 heterocycles. The van der Waals surface area contributed by atoms with Gasteiger partial charge in [-0.2, -0.15) is 0 Å². The van der Waals surface area contributed by atoms with Gasteiger partial charge in [0.2, 0.25) is 0 Å². The Morgan fingerprint density at radius 2 is 2.05 bits per heavy atom. The van der Waals surface area contributed by atoms with E-state index < -0.39 is 5.97 Å². The van der Waals surface area contributed by atoms with Crippen LogP contribution >= 0.6 is 0 Å². The lowest BCUT2D eigenvalue weighted by Gasteiger charge is -2.17. The SMILES string of the molecule is CCOc1ccc(CC(CC(=O)O)NCCCOC)cc1. The summed E-state index contributed by atoms with van der Waals surface area (Å²) in [5, 5.41) is 12.3. The number of carboxylic acid groups (broad SMARTS) is 1. The summed E-state index contributed by atoms with van der Waals surface area (Å²) in [6.45, 7) is 4.02. The lowest BCUT2D eigenvalue weighted by molar-refractivity contribution is -0.137. The third-order valence-electron chi connectivity index (χ3n) is 3.10. The van der Waals surface area contributed by atoms with Crippen LogP contribution in [0.1, 0.15) is 25.3 Å². The Morgan fingerprint density at radius 3 is 2.62 bits per heavy atom. The molecule has 2 N–H and O–H groups in total. The van der Waals surface area contributed by atoms with Crippen LogP contribution in [0.5, 0.6) is 5.75 Å². The summed E-state index contributed by atoms with van der Waals surface area (Å²) in [5.41, 5.74) is 1.10. The van der Waals surface area contributed by atoms with Gasteiger partial charge in [-0.15, -0.1) is 0 Å². The van der Waals surface area contributed by atoms with E-state index in [2.05, 4.69) is 5.32 Å². The van der Waals surface area contributed by atoms with Crippen molar-refractivity contribution in [3.63, 3.8) is 0 Å². The maximum Gasteiger partial charge on any atom is 0.304 e. The highest BCUT2D eigenvalue weighted by molar-refractivity contribution is 5.67. The maximum absolute atomic E-state index is 10.9. The molecule has 21 heavy (non-hydrogen) atoms. The van der Waals surface area contributed by atoms with Crippen molar-refractivity contribution in [1.29, 1.82) is 0 Å². The van der Waals surface area contributed by atoms with Crippen molar-refractivity contribution in [2.45, 2.75) is 32.2 Å². The van der Waals surface area contributed by atoms with Crippen LogP contribution in [-0.2, 0) is 16.0 Å². The van der Waals surface area contributed by atoms with Crippen molar-refractivity contribution >= 4 is 5.97 Å².